The van der Waals surface area contributed by atoms with E-state index < -0.39 is 0 Å². The molecule has 0 aromatic rings. The Hall–Kier alpha value is -0.200. The van der Waals surface area contributed by atoms with Crippen molar-refractivity contribution >= 4 is 0 Å². The molecule has 0 spiro atoms. The molecular weight excluding hydrogens is 356 g/mol. The Bertz CT molecular complexity index is 374. The average molecular weight is 403 g/mol. The first-order valence-corrected chi connectivity index (χ1v) is 11.3. The first-order valence-electron chi connectivity index (χ1n) is 11.3. The van der Waals surface area contributed by atoms with Crippen molar-refractivity contribution in [2.75, 3.05) is 26.4 Å². The van der Waals surface area contributed by atoms with E-state index in [1.807, 2.05) is 0 Å². The van der Waals surface area contributed by atoms with Gasteiger partial charge in [0.05, 0.1) is 38.1 Å². The molecule has 0 bridgehead atoms. The van der Waals surface area contributed by atoms with E-state index in [9.17, 15) is 15.3 Å². The molecule has 2 heterocycles. The summed E-state index contributed by atoms with van der Waals surface area (Å²) in [5.74, 6) is 3.06. The third kappa shape index (κ3) is 8.66. The van der Waals surface area contributed by atoms with E-state index >= 15 is 0 Å². The van der Waals surface area contributed by atoms with Crippen LogP contribution in [0.2, 0.25) is 0 Å². The highest BCUT2D eigenvalue weighted by Crippen LogP contribution is 2.31. The molecule has 168 valence electrons. The van der Waals surface area contributed by atoms with Crippen LogP contribution in [0.15, 0.2) is 0 Å². The molecule has 3 N–H and O–H groups in total. The Balaban J connectivity index is 0.000000210. The Morgan fingerprint density at radius 2 is 1.07 bits per heavy atom. The molecule has 5 nitrogen and oxygen atoms in total. The highest BCUT2D eigenvalue weighted by Gasteiger charge is 2.28. The van der Waals surface area contributed by atoms with Crippen LogP contribution < -0.4 is 0 Å². The molecule has 0 aromatic carbocycles. The van der Waals surface area contributed by atoms with E-state index in [4.69, 9.17) is 9.47 Å². The molecule has 0 amide bonds. The van der Waals surface area contributed by atoms with Crippen LogP contribution in [0.3, 0.4) is 0 Å². The number of ether oxygens (including phenoxy) is 2. The molecule has 2 aliphatic heterocycles. The van der Waals surface area contributed by atoms with Gasteiger partial charge in [-0.2, -0.15) is 0 Å². The van der Waals surface area contributed by atoms with Crippen molar-refractivity contribution in [3.63, 3.8) is 0 Å². The minimum Gasteiger partial charge on any atom is -0.393 e. The summed E-state index contributed by atoms with van der Waals surface area (Å²) in [6, 6.07) is 0. The van der Waals surface area contributed by atoms with Gasteiger partial charge in [0.15, 0.2) is 0 Å². The van der Waals surface area contributed by atoms with Crippen LogP contribution in [0.25, 0.3) is 0 Å². The van der Waals surface area contributed by atoms with E-state index in [1.54, 1.807) is 0 Å². The van der Waals surface area contributed by atoms with Crippen LogP contribution in [-0.2, 0) is 9.47 Å². The molecule has 3 aliphatic rings. The lowest BCUT2D eigenvalue weighted by atomic mass is 9.88. The van der Waals surface area contributed by atoms with Crippen LogP contribution in [0.4, 0.5) is 0 Å². The quantitative estimate of drug-likeness (QED) is 0.673. The summed E-state index contributed by atoms with van der Waals surface area (Å²) in [4.78, 5) is 0. The largest absolute Gasteiger partial charge is 0.393 e. The number of aliphatic hydroxyl groups excluding tert-OH is 3. The van der Waals surface area contributed by atoms with Gasteiger partial charge < -0.3 is 24.8 Å². The third-order valence-electron chi connectivity index (χ3n) is 6.56. The fraction of sp³-hybridized carbons (Fsp3) is 1.00. The van der Waals surface area contributed by atoms with Gasteiger partial charge in [-0.15, -0.1) is 0 Å². The molecule has 1 saturated carbocycles. The summed E-state index contributed by atoms with van der Waals surface area (Å²) in [5, 5.41) is 28.1. The van der Waals surface area contributed by atoms with E-state index in [2.05, 4.69) is 41.5 Å². The van der Waals surface area contributed by atoms with Gasteiger partial charge in [0, 0.05) is 18.4 Å². The van der Waals surface area contributed by atoms with Crippen molar-refractivity contribution in [3.8, 4) is 0 Å². The highest BCUT2D eigenvalue weighted by molar-refractivity contribution is 4.78. The second-order valence-corrected chi connectivity index (χ2v) is 9.76. The van der Waals surface area contributed by atoms with Crippen molar-refractivity contribution in [1.82, 2.24) is 0 Å². The predicted molar refractivity (Wildman–Crippen MR) is 113 cm³/mol. The minimum absolute atomic E-state index is 0.00463. The number of hydrogen-bond acceptors (Lipinski definition) is 5. The Morgan fingerprint density at radius 3 is 1.36 bits per heavy atom. The zero-order chi connectivity index (χ0) is 21.3. The number of rotatable bonds is 3. The molecule has 1 aliphatic carbocycles. The minimum atomic E-state index is -0.218. The monoisotopic (exact) mass is 402 g/mol. The fourth-order valence-corrected chi connectivity index (χ4v) is 4.33. The summed E-state index contributed by atoms with van der Waals surface area (Å²) in [5.41, 5.74) is 0. The van der Waals surface area contributed by atoms with Gasteiger partial charge in [-0.25, -0.2) is 0 Å². The van der Waals surface area contributed by atoms with Gasteiger partial charge in [-0.3, -0.25) is 0 Å². The van der Waals surface area contributed by atoms with Crippen molar-refractivity contribution in [3.05, 3.63) is 0 Å². The van der Waals surface area contributed by atoms with Crippen LogP contribution in [0.5, 0.6) is 0 Å². The molecule has 5 heteroatoms. The van der Waals surface area contributed by atoms with Crippen molar-refractivity contribution in [1.29, 1.82) is 0 Å². The SMILES string of the molecule is CC(C)C1CCCC1O.CC(C)C1COCC1O.CC(C)C1COCCC1O. The van der Waals surface area contributed by atoms with E-state index in [0.717, 1.165) is 32.7 Å². The van der Waals surface area contributed by atoms with Gasteiger partial charge in [-0.1, -0.05) is 48.0 Å². The van der Waals surface area contributed by atoms with Crippen LogP contribution in [0, 0.1) is 35.5 Å². The zero-order valence-electron chi connectivity index (χ0n) is 19.0. The molecule has 2 saturated heterocycles. The molecule has 0 aromatic heterocycles. The predicted octanol–water partition coefficient (Wildman–Crippen LogP) is 3.49. The second-order valence-electron chi connectivity index (χ2n) is 9.76. The normalized spacial score (nSPS) is 35.6. The second kappa shape index (κ2) is 13.2. The van der Waals surface area contributed by atoms with Gasteiger partial charge in [0.2, 0.25) is 0 Å². The van der Waals surface area contributed by atoms with Gasteiger partial charge in [-0.05, 0) is 42.9 Å². The van der Waals surface area contributed by atoms with E-state index in [1.165, 1.54) is 12.8 Å². The molecule has 6 unspecified atom stereocenters. The Kier molecular flexibility index (Phi) is 12.2. The summed E-state index contributed by atoms with van der Waals surface area (Å²) < 4.78 is 10.3. The molecular formula is C23H46O5. The standard InChI is InChI=1S/C8H16O2.C8H16O.C7H14O2/c1-6(2)7-5-10-4-3-8(7)9;1-6(2)7-4-3-5-8(7)9;1-5(2)6-3-9-4-7(6)8/h6-9H,3-5H2,1-2H3;6-9H,3-5H2,1-2H3;5-8H,3-4H2,1-2H3. The maximum Gasteiger partial charge on any atom is 0.0826 e. The van der Waals surface area contributed by atoms with Crippen molar-refractivity contribution in [2.24, 2.45) is 35.5 Å². The van der Waals surface area contributed by atoms with Crippen LogP contribution >= 0.6 is 0 Å². The first-order chi connectivity index (χ1) is 13.1. The molecule has 0 radical (unpaired) electrons. The first kappa shape index (κ1) is 25.8. The molecule has 3 rings (SSSR count). The highest BCUT2D eigenvalue weighted by atomic mass is 16.5. The lowest BCUT2D eigenvalue weighted by molar-refractivity contribution is -0.0519. The maximum atomic E-state index is 9.46. The average Bonchev–Trinajstić information content (AvgIpc) is 3.24. The lowest BCUT2D eigenvalue weighted by Gasteiger charge is -2.30. The number of aliphatic hydroxyl groups is 3. The van der Waals surface area contributed by atoms with Crippen LogP contribution in [0.1, 0.15) is 67.2 Å². The summed E-state index contributed by atoms with van der Waals surface area (Å²) in [7, 11) is 0. The smallest absolute Gasteiger partial charge is 0.0826 e. The van der Waals surface area contributed by atoms with Gasteiger partial charge in [0.1, 0.15) is 0 Å². The van der Waals surface area contributed by atoms with E-state index in [-0.39, 0.29) is 18.3 Å². The van der Waals surface area contributed by atoms with Crippen LogP contribution in [-0.4, -0.2) is 60.1 Å². The van der Waals surface area contributed by atoms with Gasteiger partial charge >= 0.3 is 0 Å². The topological polar surface area (TPSA) is 79.2 Å². The molecule has 28 heavy (non-hydrogen) atoms. The zero-order valence-corrected chi connectivity index (χ0v) is 19.0. The summed E-state index contributed by atoms with van der Waals surface area (Å²) in [6.45, 7) is 15.6. The lowest BCUT2D eigenvalue weighted by Crippen LogP contribution is -2.35. The number of hydrogen-bond donors (Lipinski definition) is 3. The third-order valence-corrected chi connectivity index (χ3v) is 6.56. The van der Waals surface area contributed by atoms with Crippen molar-refractivity contribution in [2.45, 2.75) is 85.5 Å². The summed E-state index contributed by atoms with van der Waals surface area (Å²) >= 11 is 0. The maximum absolute atomic E-state index is 9.46. The molecule has 3 fully saturated rings. The van der Waals surface area contributed by atoms with E-state index in [0.29, 0.717) is 42.1 Å². The molecule has 6 atom stereocenters. The Morgan fingerprint density at radius 1 is 0.571 bits per heavy atom. The van der Waals surface area contributed by atoms with Gasteiger partial charge in [0.25, 0.3) is 0 Å². The Labute approximate surface area is 172 Å². The van der Waals surface area contributed by atoms with Crippen molar-refractivity contribution < 1.29 is 24.8 Å². The fourth-order valence-electron chi connectivity index (χ4n) is 4.33. The summed E-state index contributed by atoms with van der Waals surface area (Å²) in [6.07, 6.45) is 3.96.